The Kier molecular flexibility index (Phi) is 5.64. The Morgan fingerprint density at radius 3 is 2.71 bits per heavy atom. The lowest BCUT2D eigenvalue weighted by atomic mass is 10.2. The van der Waals surface area contributed by atoms with Gasteiger partial charge in [-0.1, -0.05) is 53.0 Å². The Balaban J connectivity index is 1.98. The summed E-state index contributed by atoms with van der Waals surface area (Å²) < 4.78 is 1.77. The van der Waals surface area contributed by atoms with Gasteiger partial charge in [0.2, 0.25) is 0 Å². The van der Waals surface area contributed by atoms with Gasteiger partial charge < -0.3 is 0 Å². The van der Waals surface area contributed by atoms with Crippen molar-refractivity contribution in [3.05, 3.63) is 49.9 Å². The highest BCUT2D eigenvalue weighted by Crippen LogP contribution is 2.25. The number of carbonyl (C=O) groups is 1. The maximum atomic E-state index is 11.8. The molecule has 1 aromatic heterocycles. The summed E-state index contributed by atoms with van der Waals surface area (Å²) in [6.45, 7) is -0.0704. The smallest absolute Gasteiger partial charge is 0.260 e. The first-order valence-electron chi connectivity index (χ1n) is 5.62. The molecule has 9 heteroatoms. The van der Waals surface area contributed by atoms with Crippen LogP contribution >= 0.6 is 50.7 Å². The number of carbonyl (C=O) groups excluding carboxylic acids is 1. The van der Waals surface area contributed by atoms with Gasteiger partial charge in [0.15, 0.2) is 9.89 Å². The average molecular weight is 410 g/mol. The molecule has 110 valence electrons. The number of hydrogen-bond donors (Lipinski definition) is 1. The maximum absolute atomic E-state index is 11.8. The molecule has 5 nitrogen and oxygen atoms in total. The van der Waals surface area contributed by atoms with Crippen molar-refractivity contribution in [2.24, 2.45) is 5.10 Å². The van der Waals surface area contributed by atoms with Crippen LogP contribution in [0.1, 0.15) is 5.56 Å². The molecule has 21 heavy (non-hydrogen) atoms. The molecule has 2 aromatic rings. The van der Waals surface area contributed by atoms with E-state index in [0.717, 1.165) is 0 Å². The van der Waals surface area contributed by atoms with Gasteiger partial charge in [-0.15, -0.1) is 0 Å². The molecule has 1 aromatic carbocycles. The quantitative estimate of drug-likeness (QED) is 0.616. The van der Waals surface area contributed by atoms with Crippen molar-refractivity contribution in [1.82, 2.24) is 15.0 Å². The summed E-state index contributed by atoms with van der Waals surface area (Å²) in [5.74, 6) is -0.380. The fourth-order valence-electron chi connectivity index (χ4n) is 1.45. The molecule has 2 rings (SSSR count). The summed E-state index contributed by atoms with van der Waals surface area (Å²) in [5, 5.41) is 4.67. The van der Waals surface area contributed by atoms with Crippen LogP contribution in [0.2, 0.25) is 15.3 Å². The largest absolute Gasteiger partial charge is 0.299 e. The molecule has 0 saturated heterocycles. The van der Waals surface area contributed by atoms with Crippen molar-refractivity contribution in [3.63, 3.8) is 0 Å². The van der Waals surface area contributed by atoms with Crippen LogP contribution in [0.25, 0.3) is 0 Å². The Bertz CT molecular complexity index is 702. The Hall–Kier alpha value is -1.08. The third-order valence-electron chi connectivity index (χ3n) is 2.42. The molecule has 1 heterocycles. The van der Waals surface area contributed by atoms with Gasteiger partial charge in [-0.05, 0) is 22.0 Å². The summed E-state index contributed by atoms with van der Waals surface area (Å²) >= 11 is 20.8. The maximum Gasteiger partial charge on any atom is 0.260 e. The van der Waals surface area contributed by atoms with Crippen LogP contribution in [0.5, 0.6) is 0 Å². The topological polar surface area (TPSA) is 59.3 Å². The Morgan fingerprint density at radius 1 is 1.38 bits per heavy atom. The van der Waals surface area contributed by atoms with Crippen molar-refractivity contribution in [2.75, 3.05) is 0 Å². The molecule has 1 N–H and O–H groups in total. The third-order valence-corrected chi connectivity index (χ3v) is 4.11. The molecule has 0 spiro atoms. The van der Waals surface area contributed by atoms with Crippen LogP contribution in [0.3, 0.4) is 0 Å². The third kappa shape index (κ3) is 4.20. The summed E-state index contributed by atoms with van der Waals surface area (Å²) in [6.07, 6.45) is 1.46. The predicted octanol–water partition coefficient (Wildman–Crippen LogP) is 3.76. The highest BCUT2D eigenvalue weighted by molar-refractivity contribution is 9.10. The van der Waals surface area contributed by atoms with Gasteiger partial charge in [0, 0.05) is 10.6 Å². The van der Waals surface area contributed by atoms with Gasteiger partial charge in [-0.25, -0.2) is 10.4 Å². The summed E-state index contributed by atoms with van der Waals surface area (Å²) in [5.41, 5.74) is 3.07. The highest BCUT2D eigenvalue weighted by atomic mass is 79.9. The van der Waals surface area contributed by atoms with Crippen LogP contribution in [-0.4, -0.2) is 21.7 Å². The number of hydrogen-bond acceptors (Lipinski definition) is 3. The number of rotatable bonds is 4. The molecule has 0 unspecified atom stereocenters. The Morgan fingerprint density at radius 2 is 2.10 bits per heavy atom. The Labute approximate surface area is 144 Å². The lowest BCUT2D eigenvalue weighted by Crippen LogP contribution is -2.23. The van der Waals surface area contributed by atoms with E-state index in [1.165, 1.54) is 10.8 Å². The van der Waals surface area contributed by atoms with Crippen LogP contribution in [-0.2, 0) is 11.3 Å². The van der Waals surface area contributed by atoms with E-state index in [-0.39, 0.29) is 22.8 Å². The second-order valence-corrected chi connectivity index (χ2v) is 5.70. The molecule has 0 aliphatic carbocycles. The monoisotopic (exact) mass is 408 g/mol. The summed E-state index contributed by atoms with van der Waals surface area (Å²) in [4.78, 5) is 15.7. The van der Waals surface area contributed by atoms with E-state index in [9.17, 15) is 4.79 Å². The second-order valence-electron chi connectivity index (χ2n) is 3.86. The lowest BCUT2D eigenvalue weighted by Gasteiger charge is -2.04. The SMILES string of the molecule is O=C(Cn1c(Br)nc(Cl)c1Cl)NN=Cc1ccccc1Cl. The van der Waals surface area contributed by atoms with Crippen LogP contribution < -0.4 is 5.43 Å². The lowest BCUT2D eigenvalue weighted by molar-refractivity contribution is -0.121. The van der Waals surface area contributed by atoms with E-state index in [1.807, 2.05) is 6.07 Å². The zero-order valence-corrected chi connectivity index (χ0v) is 14.2. The average Bonchev–Trinajstić information content (AvgIpc) is 2.68. The van der Waals surface area contributed by atoms with Crippen molar-refractivity contribution in [3.8, 4) is 0 Å². The van der Waals surface area contributed by atoms with Crippen molar-refractivity contribution < 1.29 is 4.79 Å². The zero-order chi connectivity index (χ0) is 15.4. The van der Waals surface area contributed by atoms with Crippen molar-refractivity contribution >= 4 is 62.9 Å². The predicted molar refractivity (Wildman–Crippen MR) is 87.1 cm³/mol. The molecule has 0 radical (unpaired) electrons. The number of imidazole rings is 1. The first-order chi connectivity index (χ1) is 9.99. The summed E-state index contributed by atoms with van der Waals surface area (Å²) in [6, 6.07) is 7.14. The van der Waals surface area contributed by atoms with Gasteiger partial charge in [0.1, 0.15) is 11.7 Å². The molecule has 1 amide bonds. The standard InChI is InChI=1S/C12H8BrCl3N4O/c13-12-18-10(15)11(16)20(12)6-9(21)19-17-5-7-3-1-2-4-8(7)14/h1-5H,6H2,(H,19,21). The molecule has 0 aliphatic rings. The number of hydrazone groups is 1. The van der Waals surface area contributed by atoms with E-state index >= 15 is 0 Å². The van der Waals surface area contributed by atoms with E-state index < -0.39 is 0 Å². The van der Waals surface area contributed by atoms with Gasteiger partial charge in [-0.2, -0.15) is 5.10 Å². The molecule has 0 saturated carbocycles. The fraction of sp³-hybridized carbons (Fsp3) is 0.0833. The second kappa shape index (κ2) is 7.26. The molecular weight excluding hydrogens is 402 g/mol. The zero-order valence-electron chi connectivity index (χ0n) is 10.4. The number of nitrogens with one attached hydrogen (secondary N) is 1. The first-order valence-corrected chi connectivity index (χ1v) is 7.55. The van der Waals surface area contributed by atoms with E-state index in [2.05, 4.69) is 31.4 Å². The number of nitrogens with zero attached hydrogens (tertiary/aromatic N) is 3. The number of halogens is 4. The van der Waals surface area contributed by atoms with Gasteiger partial charge >= 0.3 is 0 Å². The van der Waals surface area contributed by atoms with Crippen molar-refractivity contribution in [2.45, 2.75) is 6.54 Å². The number of aromatic nitrogens is 2. The molecular formula is C12H8BrCl3N4O. The fourth-order valence-corrected chi connectivity index (χ4v) is 2.68. The minimum Gasteiger partial charge on any atom is -0.299 e. The first kappa shape index (κ1) is 16.3. The van der Waals surface area contributed by atoms with Gasteiger partial charge in [0.05, 0.1) is 6.21 Å². The summed E-state index contributed by atoms with van der Waals surface area (Å²) in [7, 11) is 0. The molecule has 0 atom stereocenters. The van der Waals surface area contributed by atoms with E-state index in [4.69, 9.17) is 34.8 Å². The molecule has 0 bridgehead atoms. The van der Waals surface area contributed by atoms with Gasteiger partial charge in [-0.3, -0.25) is 9.36 Å². The minimum atomic E-state index is -0.380. The molecule has 0 aliphatic heterocycles. The van der Waals surface area contributed by atoms with Crippen LogP contribution in [0.4, 0.5) is 0 Å². The van der Waals surface area contributed by atoms with Crippen LogP contribution in [0, 0.1) is 0 Å². The highest BCUT2D eigenvalue weighted by Gasteiger charge is 2.14. The minimum absolute atomic E-state index is 0.0704. The number of benzene rings is 1. The normalized spacial score (nSPS) is 11.0. The van der Waals surface area contributed by atoms with E-state index in [0.29, 0.717) is 15.3 Å². The van der Waals surface area contributed by atoms with Crippen LogP contribution in [0.15, 0.2) is 34.1 Å². The van der Waals surface area contributed by atoms with E-state index in [1.54, 1.807) is 18.2 Å². The molecule has 0 fully saturated rings. The van der Waals surface area contributed by atoms with Crippen molar-refractivity contribution in [1.29, 1.82) is 0 Å². The number of amides is 1. The van der Waals surface area contributed by atoms with Gasteiger partial charge in [0.25, 0.3) is 5.91 Å².